The molecule has 0 amide bonds. The number of aliphatic hydroxyl groups excluding tert-OH is 1. The van der Waals surface area contributed by atoms with Crippen LogP contribution >= 0.6 is 23.2 Å². The highest BCUT2D eigenvalue weighted by Gasteiger charge is 2.13. The molecule has 1 aromatic carbocycles. The highest BCUT2D eigenvalue weighted by atomic mass is 35.5. The lowest BCUT2D eigenvalue weighted by Gasteiger charge is -2.18. The second kappa shape index (κ2) is 7.07. The zero-order valence-corrected chi connectivity index (χ0v) is 11.4. The van der Waals surface area contributed by atoms with Crippen LogP contribution in [-0.2, 0) is 11.3 Å². The summed E-state index contributed by atoms with van der Waals surface area (Å²) in [4.78, 5) is 0. The maximum absolute atomic E-state index is 9.23. The summed E-state index contributed by atoms with van der Waals surface area (Å²) in [5, 5.41) is 10.1. The van der Waals surface area contributed by atoms with Gasteiger partial charge in [0.1, 0.15) is 5.75 Å². The first kappa shape index (κ1) is 14.6. The van der Waals surface area contributed by atoms with Gasteiger partial charge in [0.2, 0.25) is 0 Å². The highest BCUT2D eigenvalue weighted by Crippen LogP contribution is 2.33. The number of aliphatic hydroxyl groups is 1. The van der Waals surface area contributed by atoms with Crippen molar-refractivity contribution in [3.63, 3.8) is 0 Å². The van der Waals surface area contributed by atoms with E-state index in [0.29, 0.717) is 28.0 Å². The zero-order valence-electron chi connectivity index (χ0n) is 9.87. The van der Waals surface area contributed by atoms with E-state index in [2.05, 4.69) is 0 Å². The third-order valence-corrected chi connectivity index (χ3v) is 2.80. The predicted molar refractivity (Wildman–Crippen MR) is 69.0 cm³/mol. The molecule has 96 valence electrons. The fourth-order valence-electron chi connectivity index (χ4n) is 1.41. The van der Waals surface area contributed by atoms with Gasteiger partial charge in [-0.1, -0.05) is 23.2 Å². The minimum atomic E-state index is -0.160. The summed E-state index contributed by atoms with van der Waals surface area (Å²) in [5.41, 5.74) is 0.590. The van der Waals surface area contributed by atoms with Gasteiger partial charge in [-0.25, -0.2) is 0 Å². The summed E-state index contributed by atoms with van der Waals surface area (Å²) in [7, 11) is 1.64. The lowest BCUT2D eigenvalue weighted by Crippen LogP contribution is -2.15. The van der Waals surface area contributed by atoms with Crippen molar-refractivity contribution in [2.45, 2.75) is 26.1 Å². The van der Waals surface area contributed by atoms with Gasteiger partial charge in [-0.2, -0.15) is 0 Å². The van der Waals surface area contributed by atoms with Crippen molar-refractivity contribution in [2.75, 3.05) is 13.7 Å². The van der Waals surface area contributed by atoms with Crippen LogP contribution in [0.4, 0.5) is 0 Å². The average Bonchev–Trinajstić information content (AvgIpc) is 2.29. The van der Waals surface area contributed by atoms with Crippen molar-refractivity contribution < 1.29 is 14.6 Å². The van der Waals surface area contributed by atoms with Crippen molar-refractivity contribution in [3.8, 4) is 5.75 Å². The molecule has 0 aromatic heterocycles. The van der Waals surface area contributed by atoms with Crippen LogP contribution in [0.1, 0.15) is 18.9 Å². The van der Waals surface area contributed by atoms with Gasteiger partial charge in [-0.05, 0) is 19.1 Å². The summed E-state index contributed by atoms with van der Waals surface area (Å²) < 4.78 is 10.7. The number of methoxy groups -OCH3 is 1. The highest BCUT2D eigenvalue weighted by molar-refractivity contribution is 6.35. The van der Waals surface area contributed by atoms with E-state index in [0.717, 1.165) is 6.42 Å². The average molecular weight is 279 g/mol. The Morgan fingerprint density at radius 2 is 2.06 bits per heavy atom. The van der Waals surface area contributed by atoms with Gasteiger partial charge in [-0.3, -0.25) is 0 Å². The molecule has 0 bridgehead atoms. The van der Waals surface area contributed by atoms with E-state index in [1.807, 2.05) is 6.92 Å². The molecule has 3 nitrogen and oxygen atoms in total. The SMILES string of the molecule is COCCC(C)Oc1c(Cl)cc(Cl)cc1CO. The molecular weight excluding hydrogens is 263 g/mol. The third-order valence-electron chi connectivity index (χ3n) is 2.30. The molecule has 0 saturated carbocycles. The third kappa shape index (κ3) is 4.36. The number of halogens is 2. The Labute approximate surface area is 111 Å². The minimum absolute atomic E-state index is 0.0427. The minimum Gasteiger partial charge on any atom is -0.489 e. The molecule has 0 radical (unpaired) electrons. The van der Waals surface area contributed by atoms with Gasteiger partial charge in [0.15, 0.2) is 0 Å². The molecular formula is C12H16Cl2O3. The summed E-state index contributed by atoms with van der Waals surface area (Å²) in [6.45, 7) is 2.37. The van der Waals surface area contributed by atoms with Crippen LogP contribution in [0.3, 0.4) is 0 Å². The van der Waals surface area contributed by atoms with Crippen LogP contribution in [-0.4, -0.2) is 24.9 Å². The molecule has 1 unspecified atom stereocenters. The predicted octanol–water partition coefficient (Wildman–Crippen LogP) is 3.29. The van der Waals surface area contributed by atoms with Crippen molar-refractivity contribution in [2.24, 2.45) is 0 Å². The first-order valence-electron chi connectivity index (χ1n) is 5.32. The number of benzene rings is 1. The molecule has 1 rings (SSSR count). The molecule has 0 fully saturated rings. The molecule has 5 heteroatoms. The monoisotopic (exact) mass is 278 g/mol. The molecule has 0 heterocycles. The molecule has 0 aliphatic heterocycles. The quantitative estimate of drug-likeness (QED) is 0.868. The van der Waals surface area contributed by atoms with Crippen molar-refractivity contribution in [3.05, 3.63) is 27.7 Å². The molecule has 0 aliphatic rings. The fraction of sp³-hybridized carbons (Fsp3) is 0.500. The zero-order chi connectivity index (χ0) is 12.8. The van der Waals surface area contributed by atoms with Crippen LogP contribution in [0, 0.1) is 0 Å². The van der Waals surface area contributed by atoms with Crippen molar-refractivity contribution >= 4 is 23.2 Å². The molecule has 0 saturated heterocycles. The van der Waals surface area contributed by atoms with Gasteiger partial charge < -0.3 is 14.6 Å². The van der Waals surface area contributed by atoms with Gasteiger partial charge in [-0.15, -0.1) is 0 Å². The normalized spacial score (nSPS) is 12.5. The number of hydrogen-bond donors (Lipinski definition) is 1. The van der Waals surface area contributed by atoms with Crippen LogP contribution in [0.15, 0.2) is 12.1 Å². The van der Waals surface area contributed by atoms with Crippen LogP contribution in [0.5, 0.6) is 5.75 Å². The number of rotatable bonds is 6. The first-order chi connectivity index (χ1) is 8.08. The Bertz CT molecular complexity index is 369. The molecule has 0 aliphatic carbocycles. The lowest BCUT2D eigenvalue weighted by atomic mass is 10.2. The standard InChI is InChI=1S/C12H16Cl2O3/c1-8(3-4-16-2)17-12-9(7-15)5-10(13)6-11(12)14/h5-6,8,15H,3-4,7H2,1-2H3. The fourth-order valence-corrected chi connectivity index (χ4v) is 1.99. The maximum atomic E-state index is 9.23. The summed E-state index contributed by atoms with van der Waals surface area (Å²) in [6, 6.07) is 3.24. The molecule has 17 heavy (non-hydrogen) atoms. The van der Waals surface area contributed by atoms with Crippen LogP contribution < -0.4 is 4.74 Å². The van der Waals surface area contributed by atoms with E-state index < -0.39 is 0 Å². The summed E-state index contributed by atoms with van der Waals surface area (Å²) >= 11 is 11.9. The molecule has 1 N–H and O–H groups in total. The van der Waals surface area contributed by atoms with Gasteiger partial charge >= 0.3 is 0 Å². The topological polar surface area (TPSA) is 38.7 Å². The van der Waals surface area contributed by atoms with E-state index in [1.54, 1.807) is 19.2 Å². The Morgan fingerprint density at radius 1 is 1.35 bits per heavy atom. The van der Waals surface area contributed by atoms with E-state index in [9.17, 15) is 5.11 Å². The molecule has 0 spiro atoms. The van der Waals surface area contributed by atoms with E-state index in [-0.39, 0.29) is 12.7 Å². The van der Waals surface area contributed by atoms with E-state index >= 15 is 0 Å². The molecule has 1 atom stereocenters. The molecule has 1 aromatic rings. The van der Waals surface area contributed by atoms with Crippen LogP contribution in [0.2, 0.25) is 10.0 Å². The van der Waals surface area contributed by atoms with Gasteiger partial charge in [0.25, 0.3) is 0 Å². The van der Waals surface area contributed by atoms with Crippen molar-refractivity contribution in [1.29, 1.82) is 0 Å². The Balaban J connectivity index is 2.82. The van der Waals surface area contributed by atoms with Crippen molar-refractivity contribution in [1.82, 2.24) is 0 Å². The van der Waals surface area contributed by atoms with E-state index in [4.69, 9.17) is 32.7 Å². The Morgan fingerprint density at radius 3 is 2.65 bits per heavy atom. The summed E-state index contributed by atoms with van der Waals surface area (Å²) in [5.74, 6) is 0.488. The largest absolute Gasteiger partial charge is 0.489 e. The second-order valence-corrected chi connectivity index (χ2v) is 4.59. The van der Waals surface area contributed by atoms with E-state index in [1.165, 1.54) is 0 Å². The van der Waals surface area contributed by atoms with Crippen LogP contribution in [0.25, 0.3) is 0 Å². The van der Waals surface area contributed by atoms with Gasteiger partial charge in [0, 0.05) is 30.7 Å². The summed E-state index contributed by atoms with van der Waals surface area (Å²) in [6.07, 6.45) is 0.708. The van der Waals surface area contributed by atoms with Gasteiger partial charge in [0.05, 0.1) is 17.7 Å². The first-order valence-corrected chi connectivity index (χ1v) is 6.08. The lowest BCUT2D eigenvalue weighted by molar-refractivity contribution is 0.133. The second-order valence-electron chi connectivity index (χ2n) is 3.74. The number of hydrogen-bond acceptors (Lipinski definition) is 3. The Kier molecular flexibility index (Phi) is 6.06. The number of ether oxygens (including phenoxy) is 2. The Hall–Kier alpha value is -0.480. The smallest absolute Gasteiger partial charge is 0.143 e. The maximum Gasteiger partial charge on any atom is 0.143 e.